The predicted octanol–water partition coefficient (Wildman–Crippen LogP) is 1.20. The van der Waals surface area contributed by atoms with Crippen LogP contribution in [0.25, 0.3) is 0 Å². The van der Waals surface area contributed by atoms with Crippen molar-refractivity contribution in [3.8, 4) is 0 Å². The first-order chi connectivity index (χ1) is 7.65. The van der Waals surface area contributed by atoms with Gasteiger partial charge in [-0.2, -0.15) is 0 Å². The van der Waals surface area contributed by atoms with Crippen LogP contribution in [0.5, 0.6) is 0 Å². The van der Waals surface area contributed by atoms with Crippen LogP contribution < -0.4 is 11.1 Å². The molecule has 1 saturated carbocycles. The maximum absolute atomic E-state index is 11.6. The van der Waals surface area contributed by atoms with E-state index in [4.69, 9.17) is 5.73 Å². The number of aromatic nitrogens is 1. The molecule has 0 aliphatic heterocycles. The van der Waals surface area contributed by atoms with Crippen LogP contribution >= 0.6 is 11.3 Å². The minimum absolute atomic E-state index is 0.0325. The van der Waals surface area contributed by atoms with Crippen LogP contribution in [0.2, 0.25) is 0 Å². The van der Waals surface area contributed by atoms with E-state index in [-0.39, 0.29) is 11.9 Å². The fraction of sp³-hybridized carbons (Fsp3) is 0.636. The van der Waals surface area contributed by atoms with Gasteiger partial charge in [-0.15, -0.1) is 11.3 Å². The van der Waals surface area contributed by atoms with E-state index in [2.05, 4.69) is 10.3 Å². The van der Waals surface area contributed by atoms with Crippen molar-refractivity contribution in [3.63, 3.8) is 0 Å². The molecule has 16 heavy (non-hydrogen) atoms. The molecule has 1 aromatic rings. The lowest BCUT2D eigenvalue weighted by atomic mass is 10.1. The van der Waals surface area contributed by atoms with Gasteiger partial charge in [0.1, 0.15) is 0 Å². The normalized spacial score (nSPS) is 17.1. The molecule has 0 aromatic carbocycles. The minimum atomic E-state index is 0.0325. The molecule has 1 unspecified atom stereocenters. The highest BCUT2D eigenvalue weighted by molar-refractivity contribution is 7.09. The molecule has 0 bridgehead atoms. The molecule has 1 fully saturated rings. The number of nitrogens with two attached hydrogens (primary N) is 1. The van der Waals surface area contributed by atoms with Gasteiger partial charge in [0.25, 0.3) is 0 Å². The fourth-order valence-corrected chi connectivity index (χ4v) is 2.27. The van der Waals surface area contributed by atoms with Crippen molar-refractivity contribution in [1.29, 1.82) is 0 Å². The highest BCUT2D eigenvalue weighted by Crippen LogP contribution is 2.32. The number of amides is 1. The smallest absolute Gasteiger partial charge is 0.221 e. The van der Waals surface area contributed by atoms with Gasteiger partial charge in [0, 0.05) is 17.8 Å². The molecule has 2 rings (SSSR count). The van der Waals surface area contributed by atoms with E-state index in [1.807, 2.05) is 12.3 Å². The second-order valence-corrected chi connectivity index (χ2v) is 5.40. The van der Waals surface area contributed by atoms with Crippen molar-refractivity contribution in [2.24, 2.45) is 11.7 Å². The van der Waals surface area contributed by atoms with Crippen molar-refractivity contribution in [2.45, 2.75) is 38.8 Å². The largest absolute Gasteiger partial charge is 0.350 e. The molecule has 1 aliphatic rings. The van der Waals surface area contributed by atoms with Gasteiger partial charge >= 0.3 is 0 Å². The zero-order valence-corrected chi connectivity index (χ0v) is 10.2. The standard InChI is InChI=1S/C11H17N3OS/c1-7-14-9(6-16-7)5-13-11(15)4-10(12)8-2-3-8/h6,8,10H,2-5,12H2,1H3,(H,13,15). The van der Waals surface area contributed by atoms with Crippen LogP contribution in [-0.2, 0) is 11.3 Å². The van der Waals surface area contributed by atoms with Crippen LogP contribution in [0.3, 0.4) is 0 Å². The lowest BCUT2D eigenvalue weighted by Crippen LogP contribution is -2.32. The average molecular weight is 239 g/mol. The summed E-state index contributed by atoms with van der Waals surface area (Å²) < 4.78 is 0. The molecule has 88 valence electrons. The summed E-state index contributed by atoms with van der Waals surface area (Å²) in [5.41, 5.74) is 6.81. The molecule has 3 N–H and O–H groups in total. The van der Waals surface area contributed by atoms with Crippen LogP contribution in [0.15, 0.2) is 5.38 Å². The van der Waals surface area contributed by atoms with Crippen molar-refractivity contribution < 1.29 is 4.79 Å². The highest BCUT2D eigenvalue weighted by atomic mass is 32.1. The van der Waals surface area contributed by atoms with Crippen LogP contribution in [-0.4, -0.2) is 16.9 Å². The van der Waals surface area contributed by atoms with E-state index in [1.54, 1.807) is 11.3 Å². The lowest BCUT2D eigenvalue weighted by molar-refractivity contribution is -0.121. The number of hydrogen-bond acceptors (Lipinski definition) is 4. The second-order valence-electron chi connectivity index (χ2n) is 4.34. The van der Waals surface area contributed by atoms with E-state index in [1.165, 1.54) is 12.8 Å². The number of aryl methyl sites for hydroxylation is 1. The predicted molar refractivity (Wildman–Crippen MR) is 64.0 cm³/mol. The summed E-state index contributed by atoms with van der Waals surface area (Å²) in [5.74, 6) is 0.609. The van der Waals surface area contributed by atoms with Crippen molar-refractivity contribution in [3.05, 3.63) is 16.1 Å². The number of nitrogens with one attached hydrogen (secondary N) is 1. The van der Waals surface area contributed by atoms with Gasteiger partial charge in [-0.25, -0.2) is 4.98 Å². The Balaban J connectivity index is 1.70. The van der Waals surface area contributed by atoms with Gasteiger partial charge in [0.05, 0.1) is 17.2 Å². The highest BCUT2D eigenvalue weighted by Gasteiger charge is 2.29. The molecule has 0 saturated heterocycles. The summed E-state index contributed by atoms with van der Waals surface area (Å²) >= 11 is 1.60. The SMILES string of the molecule is Cc1nc(CNC(=O)CC(N)C2CC2)cs1. The molecule has 1 atom stereocenters. The van der Waals surface area contributed by atoms with Gasteiger partial charge in [-0.1, -0.05) is 0 Å². The molecule has 1 aromatic heterocycles. The van der Waals surface area contributed by atoms with E-state index < -0.39 is 0 Å². The maximum atomic E-state index is 11.6. The topological polar surface area (TPSA) is 68.0 Å². The summed E-state index contributed by atoms with van der Waals surface area (Å²) in [6.45, 7) is 2.47. The zero-order chi connectivity index (χ0) is 11.5. The van der Waals surface area contributed by atoms with Crippen LogP contribution in [0.4, 0.5) is 0 Å². The Hall–Kier alpha value is -0.940. The van der Waals surface area contributed by atoms with Gasteiger partial charge in [-0.05, 0) is 25.7 Å². The Morgan fingerprint density at radius 2 is 2.50 bits per heavy atom. The fourth-order valence-electron chi connectivity index (χ4n) is 1.66. The molecule has 0 radical (unpaired) electrons. The summed E-state index contributed by atoms with van der Waals surface area (Å²) in [7, 11) is 0. The maximum Gasteiger partial charge on any atom is 0.221 e. The molecule has 0 spiro atoms. The summed E-state index contributed by atoms with van der Waals surface area (Å²) in [4.78, 5) is 15.8. The third-order valence-electron chi connectivity index (χ3n) is 2.78. The number of thiazole rings is 1. The van der Waals surface area contributed by atoms with Crippen molar-refractivity contribution >= 4 is 17.2 Å². The Morgan fingerprint density at radius 3 is 3.06 bits per heavy atom. The first-order valence-electron chi connectivity index (χ1n) is 5.58. The monoisotopic (exact) mass is 239 g/mol. The van der Waals surface area contributed by atoms with Gasteiger partial charge in [0.15, 0.2) is 0 Å². The quantitative estimate of drug-likeness (QED) is 0.811. The average Bonchev–Trinajstić information content (AvgIpc) is 3.00. The van der Waals surface area contributed by atoms with E-state index in [0.29, 0.717) is 18.9 Å². The number of hydrogen-bond donors (Lipinski definition) is 2. The van der Waals surface area contributed by atoms with E-state index in [9.17, 15) is 4.79 Å². The summed E-state index contributed by atoms with van der Waals surface area (Å²) in [6.07, 6.45) is 2.80. The minimum Gasteiger partial charge on any atom is -0.350 e. The molecular weight excluding hydrogens is 222 g/mol. The number of carbonyl (C=O) groups excluding carboxylic acids is 1. The lowest BCUT2D eigenvalue weighted by Gasteiger charge is -2.09. The second kappa shape index (κ2) is 4.93. The first kappa shape index (κ1) is 11.5. The summed E-state index contributed by atoms with van der Waals surface area (Å²) in [5, 5.41) is 5.85. The molecular formula is C11H17N3OS. The first-order valence-corrected chi connectivity index (χ1v) is 6.46. The molecule has 4 nitrogen and oxygen atoms in total. The van der Waals surface area contributed by atoms with Gasteiger partial charge in [0.2, 0.25) is 5.91 Å². The summed E-state index contributed by atoms with van der Waals surface area (Å²) in [6, 6.07) is 0.0390. The van der Waals surface area contributed by atoms with Crippen LogP contribution in [0, 0.1) is 12.8 Å². The van der Waals surface area contributed by atoms with Gasteiger partial charge < -0.3 is 11.1 Å². The Morgan fingerprint density at radius 1 is 1.75 bits per heavy atom. The molecule has 1 amide bonds. The molecule has 1 heterocycles. The third kappa shape index (κ3) is 3.28. The van der Waals surface area contributed by atoms with Crippen LogP contribution in [0.1, 0.15) is 30.0 Å². The van der Waals surface area contributed by atoms with Crippen molar-refractivity contribution in [1.82, 2.24) is 10.3 Å². The van der Waals surface area contributed by atoms with E-state index in [0.717, 1.165) is 10.7 Å². The third-order valence-corrected chi connectivity index (χ3v) is 3.60. The molecule has 1 aliphatic carbocycles. The number of rotatable bonds is 5. The number of nitrogens with zero attached hydrogens (tertiary/aromatic N) is 1. The number of carbonyl (C=O) groups is 1. The zero-order valence-electron chi connectivity index (χ0n) is 9.40. The van der Waals surface area contributed by atoms with Gasteiger partial charge in [-0.3, -0.25) is 4.79 Å². The Bertz CT molecular complexity index is 373. The molecule has 5 heteroatoms. The van der Waals surface area contributed by atoms with E-state index >= 15 is 0 Å². The Kier molecular flexibility index (Phi) is 3.56. The van der Waals surface area contributed by atoms with Crippen molar-refractivity contribution in [2.75, 3.05) is 0 Å². The Labute approximate surface area is 99.3 Å².